The van der Waals surface area contributed by atoms with E-state index in [1.54, 1.807) is 6.07 Å². The Morgan fingerprint density at radius 2 is 1.81 bits per heavy atom. The van der Waals surface area contributed by atoms with Crippen molar-refractivity contribution in [3.8, 4) is 0 Å². The number of hydrogen-bond donors (Lipinski definition) is 1. The quantitative estimate of drug-likeness (QED) is 0.543. The first-order valence-corrected chi connectivity index (χ1v) is 9.03. The number of nitrogens with two attached hydrogens (primary N) is 1. The molecule has 0 bridgehead atoms. The van der Waals surface area contributed by atoms with Crippen molar-refractivity contribution >= 4 is 27.0 Å². The first kappa shape index (κ1) is 17.9. The van der Waals surface area contributed by atoms with Crippen LogP contribution in [0.2, 0.25) is 0 Å². The van der Waals surface area contributed by atoms with Crippen molar-refractivity contribution in [3.63, 3.8) is 0 Å². The molecule has 2 heterocycles. The van der Waals surface area contributed by atoms with Crippen molar-refractivity contribution in [1.82, 2.24) is 0 Å². The number of fused-ring (bicyclic) bond motifs is 1. The van der Waals surface area contributed by atoms with Crippen molar-refractivity contribution in [3.05, 3.63) is 63.2 Å². The molecule has 0 radical (unpaired) electrons. The lowest BCUT2D eigenvalue weighted by Gasteiger charge is -2.08. The fraction of sp³-hybridized carbons (Fsp3) is 0.176. The smallest absolute Gasteiger partial charge is 0.374 e. The lowest BCUT2D eigenvalue weighted by atomic mass is 10.0. The first-order chi connectivity index (χ1) is 12.1. The van der Waals surface area contributed by atoms with E-state index in [0.717, 1.165) is 23.3 Å². The van der Waals surface area contributed by atoms with E-state index in [-0.39, 0.29) is 12.4 Å². The Labute approximate surface area is 148 Å². The Morgan fingerprint density at radius 1 is 1.12 bits per heavy atom. The van der Waals surface area contributed by atoms with E-state index in [2.05, 4.69) is 0 Å². The second-order valence-electron chi connectivity index (χ2n) is 5.76. The minimum atomic E-state index is -4.05. The second kappa shape index (κ2) is 6.43. The van der Waals surface area contributed by atoms with Crippen molar-refractivity contribution in [2.45, 2.75) is 25.5 Å². The summed E-state index contributed by atoms with van der Waals surface area (Å²) < 4.78 is 37.5. The lowest BCUT2D eigenvalue weighted by Crippen LogP contribution is -2.11. The third-order valence-corrected chi connectivity index (χ3v) is 4.65. The summed E-state index contributed by atoms with van der Waals surface area (Å²) in [4.78, 5) is 23.8. The molecule has 26 heavy (non-hydrogen) atoms. The van der Waals surface area contributed by atoms with Gasteiger partial charge in [-0.25, -0.2) is 23.1 Å². The average Bonchev–Trinajstić information content (AvgIpc) is 3.04. The van der Waals surface area contributed by atoms with Crippen LogP contribution in [0.5, 0.6) is 0 Å². The van der Waals surface area contributed by atoms with Crippen molar-refractivity contribution in [1.29, 1.82) is 0 Å². The highest BCUT2D eigenvalue weighted by atomic mass is 32.2. The van der Waals surface area contributed by atoms with E-state index in [9.17, 15) is 18.0 Å². The van der Waals surface area contributed by atoms with Crippen LogP contribution in [0.4, 0.5) is 0 Å². The highest BCUT2D eigenvalue weighted by Crippen LogP contribution is 2.22. The number of sulfonamides is 1. The van der Waals surface area contributed by atoms with E-state index < -0.39 is 26.7 Å². The third kappa shape index (κ3) is 3.53. The van der Waals surface area contributed by atoms with E-state index in [1.165, 1.54) is 6.07 Å². The summed E-state index contributed by atoms with van der Waals surface area (Å²) in [7, 11) is -4.05. The number of rotatable bonds is 4. The third-order valence-electron chi connectivity index (χ3n) is 3.87. The molecule has 0 aliphatic rings. The molecule has 3 rings (SSSR count). The van der Waals surface area contributed by atoms with E-state index in [4.69, 9.17) is 18.7 Å². The zero-order valence-corrected chi connectivity index (χ0v) is 14.8. The maximum Gasteiger partial charge on any atom is 0.374 e. The molecule has 0 fully saturated rings. The minimum absolute atomic E-state index is 0.213. The van der Waals surface area contributed by atoms with Crippen LogP contribution >= 0.6 is 0 Å². The first-order valence-electron chi connectivity index (χ1n) is 7.49. The fourth-order valence-electron chi connectivity index (χ4n) is 2.40. The summed E-state index contributed by atoms with van der Waals surface area (Å²) in [6.45, 7) is 3.59. The number of hydrogen-bond acceptors (Lipinski definition) is 7. The fourth-order valence-corrected chi connectivity index (χ4v) is 2.86. The molecule has 1 aromatic carbocycles. The van der Waals surface area contributed by atoms with Crippen molar-refractivity contribution < 1.29 is 26.8 Å². The van der Waals surface area contributed by atoms with E-state index >= 15 is 0 Å². The molecule has 0 amide bonds. The largest absolute Gasteiger partial charge is 0.455 e. The normalized spacial score (nSPS) is 11.7. The summed E-state index contributed by atoms with van der Waals surface area (Å²) in [5, 5.41) is 5.02. The molecule has 2 N–H and O–H groups in total. The molecule has 9 heteroatoms. The number of ether oxygens (including phenoxy) is 1. The lowest BCUT2D eigenvalue weighted by molar-refractivity contribution is 0.0431. The zero-order chi connectivity index (χ0) is 19.1. The molecule has 0 saturated carbocycles. The monoisotopic (exact) mass is 377 g/mol. The molecule has 8 nitrogen and oxygen atoms in total. The van der Waals surface area contributed by atoms with Gasteiger partial charge in [-0.2, -0.15) is 0 Å². The molecule has 3 aromatic rings. The van der Waals surface area contributed by atoms with Crippen LogP contribution in [-0.4, -0.2) is 14.4 Å². The van der Waals surface area contributed by atoms with E-state index in [1.807, 2.05) is 19.9 Å². The van der Waals surface area contributed by atoms with Gasteiger partial charge in [-0.05, 0) is 49.2 Å². The molecular formula is C17H15NO7S. The Kier molecular flexibility index (Phi) is 4.43. The Bertz CT molecular complexity index is 1170. The van der Waals surface area contributed by atoms with Crippen LogP contribution in [-0.2, 0) is 21.4 Å². The van der Waals surface area contributed by atoms with E-state index in [0.29, 0.717) is 16.5 Å². The number of benzene rings is 1. The second-order valence-corrected chi connectivity index (χ2v) is 7.26. The minimum Gasteiger partial charge on any atom is -0.455 e. The van der Waals surface area contributed by atoms with Gasteiger partial charge >= 0.3 is 11.6 Å². The Balaban J connectivity index is 1.88. The number of carbonyl (C=O) groups is 1. The summed E-state index contributed by atoms with van der Waals surface area (Å²) in [5.41, 5.74) is 2.23. The topological polar surface area (TPSA) is 130 Å². The van der Waals surface area contributed by atoms with Crippen LogP contribution in [0.25, 0.3) is 11.0 Å². The standard InChI is InChI=1S/C17H15NO7S/c1-9-5-12-11(7-15(19)24-14(12)6-10(9)2)8-23-17(20)13-3-4-16(25-13)26(18,21)22/h3-7H,8H2,1-2H3,(H2,18,21,22). The van der Waals surface area contributed by atoms with Gasteiger partial charge in [-0.3, -0.25) is 0 Å². The summed E-state index contributed by atoms with van der Waals surface area (Å²) in [6, 6.07) is 7.02. The zero-order valence-electron chi connectivity index (χ0n) is 13.9. The SMILES string of the molecule is Cc1cc2oc(=O)cc(COC(=O)c3ccc(S(N)(=O)=O)o3)c2cc1C. The number of carbonyl (C=O) groups excluding carboxylic acids is 1. The van der Waals surface area contributed by atoms with Crippen LogP contribution < -0.4 is 10.8 Å². The number of primary sulfonamides is 1. The van der Waals surface area contributed by atoms with Gasteiger partial charge in [0.2, 0.25) is 10.9 Å². The number of furan rings is 1. The molecule has 0 saturated heterocycles. The number of aryl methyl sites for hydroxylation is 2. The van der Waals surface area contributed by atoms with Gasteiger partial charge in [0.05, 0.1) is 0 Å². The Hall–Kier alpha value is -2.91. The summed E-state index contributed by atoms with van der Waals surface area (Å²) in [6.07, 6.45) is 0. The van der Waals surface area contributed by atoms with Crippen molar-refractivity contribution in [2.24, 2.45) is 5.14 Å². The molecule has 2 aromatic heterocycles. The summed E-state index contributed by atoms with van der Waals surface area (Å²) in [5.74, 6) is -1.20. The van der Waals surface area contributed by atoms with Gasteiger partial charge < -0.3 is 13.6 Å². The van der Waals surface area contributed by atoms with Crippen LogP contribution in [0, 0.1) is 13.8 Å². The maximum atomic E-state index is 12.0. The molecule has 136 valence electrons. The maximum absolute atomic E-state index is 12.0. The average molecular weight is 377 g/mol. The molecule has 0 aliphatic carbocycles. The summed E-state index contributed by atoms with van der Waals surface area (Å²) >= 11 is 0. The molecule has 0 unspecified atom stereocenters. The highest BCUT2D eigenvalue weighted by molar-refractivity contribution is 7.89. The number of esters is 1. The predicted molar refractivity (Wildman–Crippen MR) is 91.2 cm³/mol. The van der Waals surface area contributed by atoms with Gasteiger partial charge in [0, 0.05) is 17.0 Å². The van der Waals surface area contributed by atoms with Crippen molar-refractivity contribution in [2.75, 3.05) is 0 Å². The van der Waals surface area contributed by atoms with Gasteiger partial charge in [-0.15, -0.1) is 0 Å². The van der Waals surface area contributed by atoms with Crippen LogP contribution in [0.1, 0.15) is 27.2 Å². The van der Waals surface area contributed by atoms with Gasteiger partial charge in [-0.1, -0.05) is 0 Å². The van der Waals surface area contributed by atoms with Gasteiger partial charge in [0.1, 0.15) is 12.2 Å². The highest BCUT2D eigenvalue weighted by Gasteiger charge is 2.19. The van der Waals surface area contributed by atoms with Gasteiger partial charge in [0.25, 0.3) is 10.0 Å². The molecule has 0 aliphatic heterocycles. The molecule has 0 spiro atoms. The van der Waals surface area contributed by atoms with Crippen LogP contribution in [0.3, 0.4) is 0 Å². The Morgan fingerprint density at radius 3 is 2.46 bits per heavy atom. The molecular weight excluding hydrogens is 362 g/mol. The predicted octanol–water partition coefficient (Wildman–Crippen LogP) is 2.01. The van der Waals surface area contributed by atoms with Crippen LogP contribution in [0.15, 0.2) is 49.1 Å². The van der Waals surface area contributed by atoms with Gasteiger partial charge in [0.15, 0.2) is 0 Å². The molecule has 0 atom stereocenters.